The fraction of sp³-hybridized carbons (Fsp3) is 0.448. The molecule has 2 fully saturated rings. The number of hydrogen-bond acceptors (Lipinski definition) is 5. The number of hydrogen-bond donors (Lipinski definition) is 1. The smallest absolute Gasteiger partial charge is 0.243 e. The number of anilines is 2. The number of rotatable bonds is 6. The van der Waals surface area contributed by atoms with E-state index in [0.29, 0.717) is 30.4 Å². The Kier molecular flexibility index (Phi) is 7.49. The van der Waals surface area contributed by atoms with Crippen LogP contribution in [0, 0.1) is 5.92 Å². The number of carbonyl (C=O) groups excluding carboxylic acids is 1. The second kappa shape index (κ2) is 10.8. The summed E-state index contributed by atoms with van der Waals surface area (Å²) in [5.41, 5.74) is 2.83. The van der Waals surface area contributed by atoms with Gasteiger partial charge in [0.2, 0.25) is 15.9 Å². The van der Waals surface area contributed by atoms with E-state index in [2.05, 4.69) is 36.2 Å². The molecule has 0 radical (unpaired) electrons. The third kappa shape index (κ3) is 5.65. The lowest BCUT2D eigenvalue weighted by Gasteiger charge is -2.33. The minimum atomic E-state index is -3.48. The number of carbonyl (C=O) groups is 1. The molecule has 2 saturated heterocycles. The van der Waals surface area contributed by atoms with Gasteiger partial charge >= 0.3 is 0 Å². The summed E-state index contributed by atoms with van der Waals surface area (Å²) in [6.45, 7) is 6.93. The summed E-state index contributed by atoms with van der Waals surface area (Å²) in [5, 5.41) is 3.88. The molecule has 196 valence electrons. The Balaban J connectivity index is 1.28. The summed E-state index contributed by atoms with van der Waals surface area (Å²) in [5.74, 6) is 1.19. The van der Waals surface area contributed by atoms with E-state index in [0.717, 1.165) is 61.1 Å². The topological polar surface area (TPSA) is 82.6 Å². The van der Waals surface area contributed by atoms with Crippen molar-refractivity contribution < 1.29 is 13.2 Å². The molecule has 1 N–H and O–H groups in total. The average Bonchev–Trinajstić information content (AvgIpc) is 2.93. The summed E-state index contributed by atoms with van der Waals surface area (Å²) in [6.07, 6.45) is 4.67. The van der Waals surface area contributed by atoms with Crippen LogP contribution in [0.1, 0.15) is 57.4 Å². The lowest BCUT2D eigenvalue weighted by atomic mass is 9.96. The van der Waals surface area contributed by atoms with Crippen molar-refractivity contribution in [3.8, 4) is 0 Å². The summed E-state index contributed by atoms with van der Waals surface area (Å²) < 4.78 is 27.8. The highest BCUT2D eigenvalue weighted by atomic mass is 32.2. The highest BCUT2D eigenvalue weighted by molar-refractivity contribution is 7.89. The quantitative estimate of drug-likeness (QED) is 0.471. The molecule has 3 aromatic rings. The van der Waals surface area contributed by atoms with Crippen LogP contribution < -0.4 is 10.2 Å². The maximum Gasteiger partial charge on any atom is 0.243 e. The highest BCUT2D eigenvalue weighted by Crippen LogP contribution is 2.28. The van der Waals surface area contributed by atoms with Crippen LogP contribution in [0.5, 0.6) is 0 Å². The molecule has 1 aromatic heterocycles. The van der Waals surface area contributed by atoms with Crippen molar-refractivity contribution in [2.75, 3.05) is 36.4 Å². The molecule has 0 saturated carbocycles. The van der Waals surface area contributed by atoms with Gasteiger partial charge in [0.1, 0.15) is 5.82 Å². The minimum absolute atomic E-state index is 0.0374. The van der Waals surface area contributed by atoms with E-state index in [4.69, 9.17) is 4.98 Å². The minimum Gasteiger partial charge on any atom is -0.356 e. The molecule has 1 atom stereocenters. The molecule has 2 aliphatic rings. The van der Waals surface area contributed by atoms with Crippen molar-refractivity contribution in [1.82, 2.24) is 9.29 Å². The van der Waals surface area contributed by atoms with Gasteiger partial charge in [-0.05, 0) is 79.6 Å². The van der Waals surface area contributed by atoms with E-state index in [-0.39, 0.29) is 11.8 Å². The van der Waals surface area contributed by atoms with Gasteiger partial charge in [-0.2, -0.15) is 4.31 Å². The zero-order valence-corrected chi connectivity index (χ0v) is 22.5. The Morgan fingerprint density at radius 2 is 1.70 bits per heavy atom. The van der Waals surface area contributed by atoms with Crippen LogP contribution in [0.4, 0.5) is 11.5 Å². The highest BCUT2D eigenvalue weighted by Gasteiger charge is 2.28. The van der Waals surface area contributed by atoms with Crippen LogP contribution in [0.2, 0.25) is 0 Å². The molecule has 0 bridgehead atoms. The van der Waals surface area contributed by atoms with Crippen LogP contribution in [-0.4, -0.2) is 49.8 Å². The number of pyridine rings is 1. The van der Waals surface area contributed by atoms with E-state index in [1.807, 2.05) is 24.3 Å². The Bertz CT molecular complexity index is 1370. The number of piperidine rings is 2. The zero-order valence-electron chi connectivity index (χ0n) is 21.7. The monoisotopic (exact) mass is 520 g/mol. The van der Waals surface area contributed by atoms with Gasteiger partial charge in [0, 0.05) is 37.3 Å². The molecular weight excluding hydrogens is 484 g/mol. The number of nitrogens with one attached hydrogen (secondary N) is 1. The van der Waals surface area contributed by atoms with Crippen molar-refractivity contribution in [1.29, 1.82) is 0 Å². The second-order valence-corrected chi connectivity index (χ2v) is 12.5. The van der Waals surface area contributed by atoms with Crippen molar-refractivity contribution in [3.05, 3.63) is 60.2 Å². The fourth-order valence-electron chi connectivity index (χ4n) is 5.28. The summed E-state index contributed by atoms with van der Waals surface area (Å²) in [7, 11) is -3.48. The standard InChI is InChI=1S/C29H36N4O3S/c1-21(2)22-8-11-25(12-9-22)30-29(34)24-7-6-16-32(20-24)28-15-10-23-19-26(13-14-27(23)31-28)37(35,36)33-17-4-3-5-18-33/h8-15,19,21,24H,3-7,16-18,20H2,1-2H3,(H,30,34)/t24-/m0/s1. The molecule has 7 nitrogen and oxygen atoms in total. The summed E-state index contributed by atoms with van der Waals surface area (Å²) in [6, 6.07) is 17.1. The average molecular weight is 521 g/mol. The third-order valence-electron chi connectivity index (χ3n) is 7.56. The van der Waals surface area contributed by atoms with Crippen LogP contribution >= 0.6 is 0 Å². The first-order valence-electron chi connectivity index (χ1n) is 13.4. The Labute approximate surface area is 219 Å². The SMILES string of the molecule is CC(C)c1ccc(NC(=O)[C@H]2CCCN(c3ccc4cc(S(=O)(=O)N5CCCCC5)ccc4n3)C2)cc1. The summed E-state index contributed by atoms with van der Waals surface area (Å²) >= 11 is 0. The van der Waals surface area contributed by atoms with Gasteiger partial charge in [0.05, 0.1) is 16.3 Å². The maximum atomic E-state index is 13.1. The van der Waals surface area contributed by atoms with Crippen LogP contribution in [0.15, 0.2) is 59.5 Å². The van der Waals surface area contributed by atoms with Gasteiger partial charge in [0.25, 0.3) is 0 Å². The van der Waals surface area contributed by atoms with E-state index >= 15 is 0 Å². The van der Waals surface area contributed by atoms with Crippen molar-refractivity contribution in [3.63, 3.8) is 0 Å². The largest absolute Gasteiger partial charge is 0.356 e. The molecular formula is C29H36N4O3S. The van der Waals surface area contributed by atoms with Crippen LogP contribution in [0.25, 0.3) is 10.9 Å². The fourth-order valence-corrected chi connectivity index (χ4v) is 6.83. The lowest BCUT2D eigenvalue weighted by Crippen LogP contribution is -2.41. The number of aromatic nitrogens is 1. The van der Waals surface area contributed by atoms with Crippen LogP contribution in [-0.2, 0) is 14.8 Å². The predicted molar refractivity (Wildman–Crippen MR) is 148 cm³/mol. The van der Waals surface area contributed by atoms with Crippen molar-refractivity contribution in [2.24, 2.45) is 5.92 Å². The molecule has 37 heavy (non-hydrogen) atoms. The van der Waals surface area contributed by atoms with Gasteiger partial charge in [0.15, 0.2) is 0 Å². The van der Waals surface area contributed by atoms with Crippen molar-refractivity contribution in [2.45, 2.75) is 56.8 Å². The molecule has 2 aromatic carbocycles. The predicted octanol–water partition coefficient (Wildman–Crippen LogP) is 5.39. The van der Waals surface area contributed by atoms with Crippen LogP contribution in [0.3, 0.4) is 0 Å². The maximum absolute atomic E-state index is 13.1. The lowest BCUT2D eigenvalue weighted by molar-refractivity contribution is -0.120. The Hall–Kier alpha value is -2.97. The van der Waals surface area contributed by atoms with Gasteiger partial charge in [-0.25, -0.2) is 13.4 Å². The van der Waals surface area contributed by atoms with Gasteiger partial charge in [-0.3, -0.25) is 4.79 Å². The normalized spacial score (nSPS) is 19.3. The molecule has 3 heterocycles. The summed E-state index contributed by atoms with van der Waals surface area (Å²) in [4.78, 5) is 20.3. The molecule has 2 aliphatic heterocycles. The molecule has 8 heteroatoms. The second-order valence-electron chi connectivity index (χ2n) is 10.5. The Morgan fingerprint density at radius 1 is 0.946 bits per heavy atom. The Morgan fingerprint density at radius 3 is 2.43 bits per heavy atom. The first-order chi connectivity index (χ1) is 17.8. The molecule has 0 aliphatic carbocycles. The molecule has 0 unspecified atom stereocenters. The number of sulfonamides is 1. The van der Waals surface area contributed by atoms with Gasteiger partial charge in [-0.1, -0.05) is 32.4 Å². The number of benzene rings is 2. The molecule has 0 spiro atoms. The molecule has 5 rings (SSSR count). The number of amides is 1. The van der Waals surface area contributed by atoms with Gasteiger partial charge < -0.3 is 10.2 Å². The third-order valence-corrected chi connectivity index (χ3v) is 9.45. The van der Waals surface area contributed by atoms with E-state index in [9.17, 15) is 13.2 Å². The number of fused-ring (bicyclic) bond motifs is 1. The van der Waals surface area contributed by atoms with E-state index < -0.39 is 10.0 Å². The first kappa shape index (κ1) is 25.7. The number of nitrogens with zero attached hydrogens (tertiary/aromatic N) is 3. The first-order valence-corrected chi connectivity index (χ1v) is 14.8. The van der Waals surface area contributed by atoms with E-state index in [1.165, 1.54) is 5.56 Å². The van der Waals surface area contributed by atoms with Crippen molar-refractivity contribution >= 4 is 38.3 Å². The zero-order chi connectivity index (χ0) is 26.0. The van der Waals surface area contributed by atoms with E-state index in [1.54, 1.807) is 22.5 Å². The van der Waals surface area contributed by atoms with Gasteiger partial charge in [-0.15, -0.1) is 0 Å². The molecule has 1 amide bonds.